The molecule has 3 nitrogen and oxygen atoms in total. The maximum atomic E-state index is 10.9. The summed E-state index contributed by atoms with van der Waals surface area (Å²) in [6, 6.07) is 25.7. The lowest BCUT2D eigenvalue weighted by molar-refractivity contribution is 0.0697. The number of rotatable bonds is 10. The van der Waals surface area contributed by atoms with Gasteiger partial charge in [-0.05, 0) is 60.6 Å². The van der Waals surface area contributed by atoms with Crippen molar-refractivity contribution < 1.29 is 14.6 Å². The summed E-state index contributed by atoms with van der Waals surface area (Å²) in [5, 5.41) is 8.95. The Labute approximate surface area is 166 Å². The number of hydrogen-bond donors (Lipinski definition) is 1. The molecule has 0 heterocycles. The topological polar surface area (TPSA) is 46.5 Å². The van der Waals surface area contributed by atoms with Crippen molar-refractivity contribution in [3.8, 4) is 5.75 Å². The summed E-state index contributed by atoms with van der Waals surface area (Å²) in [5.74, 6) is 0.0929. The third-order valence-electron chi connectivity index (χ3n) is 4.82. The Morgan fingerprint density at radius 2 is 1.39 bits per heavy atom. The number of carboxylic acid groups (broad SMARTS) is 1. The van der Waals surface area contributed by atoms with E-state index in [1.165, 1.54) is 16.7 Å². The number of para-hydroxylation sites is 1. The lowest BCUT2D eigenvalue weighted by atomic mass is 10.0. The summed E-state index contributed by atoms with van der Waals surface area (Å²) in [4.78, 5) is 10.9. The Morgan fingerprint density at radius 1 is 0.714 bits per heavy atom. The maximum absolute atomic E-state index is 10.9. The molecular formula is C25H26O3. The van der Waals surface area contributed by atoms with E-state index in [4.69, 9.17) is 9.84 Å². The number of unbranched alkanes of at least 4 members (excludes halogenated alkanes) is 2. The summed E-state index contributed by atoms with van der Waals surface area (Å²) in [6.07, 6.45) is 5.32. The number of hydrogen-bond acceptors (Lipinski definition) is 2. The maximum Gasteiger partial charge on any atom is 0.335 e. The van der Waals surface area contributed by atoms with Gasteiger partial charge in [0, 0.05) is 0 Å². The Balaban J connectivity index is 1.42. The van der Waals surface area contributed by atoms with Gasteiger partial charge in [0.05, 0.1) is 5.56 Å². The number of aryl methyl sites for hydroxylation is 2. The SMILES string of the molecule is O=C(O)c1ccc(CCCCCc2ccccc2OCc2ccccc2)cc1. The van der Waals surface area contributed by atoms with E-state index in [9.17, 15) is 4.79 Å². The molecule has 0 bridgehead atoms. The summed E-state index contributed by atoms with van der Waals surface area (Å²) >= 11 is 0. The molecule has 0 aliphatic heterocycles. The molecule has 0 atom stereocenters. The third-order valence-corrected chi connectivity index (χ3v) is 4.82. The van der Waals surface area contributed by atoms with E-state index in [2.05, 4.69) is 24.3 Å². The van der Waals surface area contributed by atoms with Gasteiger partial charge in [0.25, 0.3) is 0 Å². The first kappa shape index (κ1) is 19.7. The van der Waals surface area contributed by atoms with E-state index in [0.717, 1.165) is 37.9 Å². The normalized spacial score (nSPS) is 10.6. The predicted molar refractivity (Wildman–Crippen MR) is 112 cm³/mol. The van der Waals surface area contributed by atoms with Crippen molar-refractivity contribution in [2.24, 2.45) is 0 Å². The second kappa shape index (κ2) is 10.3. The van der Waals surface area contributed by atoms with E-state index in [0.29, 0.717) is 12.2 Å². The Hall–Kier alpha value is -3.07. The number of aromatic carboxylic acids is 1. The molecule has 0 radical (unpaired) electrons. The molecule has 3 aromatic carbocycles. The fraction of sp³-hybridized carbons (Fsp3) is 0.240. The van der Waals surface area contributed by atoms with Gasteiger partial charge in [-0.15, -0.1) is 0 Å². The monoisotopic (exact) mass is 374 g/mol. The van der Waals surface area contributed by atoms with Crippen LogP contribution < -0.4 is 4.74 Å². The molecule has 0 aromatic heterocycles. The van der Waals surface area contributed by atoms with Gasteiger partial charge >= 0.3 is 5.97 Å². The fourth-order valence-electron chi connectivity index (χ4n) is 3.22. The number of carboxylic acids is 1. The van der Waals surface area contributed by atoms with Crippen molar-refractivity contribution in [2.75, 3.05) is 0 Å². The average Bonchev–Trinajstić information content (AvgIpc) is 2.74. The highest BCUT2D eigenvalue weighted by molar-refractivity contribution is 5.87. The van der Waals surface area contributed by atoms with Crippen molar-refractivity contribution in [2.45, 2.75) is 38.7 Å². The molecule has 0 saturated heterocycles. The van der Waals surface area contributed by atoms with Crippen LogP contribution in [0.4, 0.5) is 0 Å². The molecule has 3 rings (SSSR count). The molecule has 0 saturated carbocycles. The van der Waals surface area contributed by atoms with Crippen molar-refractivity contribution in [3.05, 3.63) is 101 Å². The summed E-state index contributed by atoms with van der Waals surface area (Å²) < 4.78 is 6.03. The van der Waals surface area contributed by atoms with Gasteiger partial charge in [-0.1, -0.05) is 67.1 Å². The van der Waals surface area contributed by atoms with Crippen LogP contribution in [0.15, 0.2) is 78.9 Å². The van der Waals surface area contributed by atoms with Crippen LogP contribution >= 0.6 is 0 Å². The zero-order valence-corrected chi connectivity index (χ0v) is 16.0. The van der Waals surface area contributed by atoms with Crippen molar-refractivity contribution in [1.82, 2.24) is 0 Å². The Kier molecular flexibility index (Phi) is 7.25. The van der Waals surface area contributed by atoms with E-state index < -0.39 is 5.97 Å². The lowest BCUT2D eigenvalue weighted by Gasteiger charge is -2.11. The summed E-state index contributed by atoms with van der Waals surface area (Å²) in [6.45, 7) is 0.587. The lowest BCUT2D eigenvalue weighted by Crippen LogP contribution is -1.99. The molecule has 0 fully saturated rings. The standard InChI is InChI=1S/C25H26O3/c26-25(27)23-17-15-20(16-18-23)9-3-2-6-12-22-13-7-8-14-24(22)28-19-21-10-4-1-5-11-21/h1,4-5,7-8,10-11,13-18H,2-3,6,9,12,19H2,(H,26,27). The van der Waals surface area contributed by atoms with Gasteiger partial charge in [-0.3, -0.25) is 0 Å². The molecule has 3 aromatic rings. The van der Waals surface area contributed by atoms with Crippen LogP contribution in [0.3, 0.4) is 0 Å². The second-order valence-corrected chi connectivity index (χ2v) is 6.94. The summed E-state index contributed by atoms with van der Waals surface area (Å²) in [5.41, 5.74) is 3.96. The van der Waals surface area contributed by atoms with Gasteiger partial charge in [0.15, 0.2) is 0 Å². The van der Waals surface area contributed by atoms with E-state index in [-0.39, 0.29) is 0 Å². The third kappa shape index (κ3) is 5.98. The minimum Gasteiger partial charge on any atom is -0.489 e. The van der Waals surface area contributed by atoms with Gasteiger partial charge in [-0.2, -0.15) is 0 Å². The van der Waals surface area contributed by atoms with E-state index >= 15 is 0 Å². The number of carbonyl (C=O) groups is 1. The van der Waals surface area contributed by atoms with Crippen LogP contribution in [0.25, 0.3) is 0 Å². The molecule has 144 valence electrons. The zero-order chi connectivity index (χ0) is 19.6. The van der Waals surface area contributed by atoms with Crippen molar-refractivity contribution in [1.29, 1.82) is 0 Å². The minimum atomic E-state index is -0.875. The largest absolute Gasteiger partial charge is 0.489 e. The Bertz CT molecular complexity index is 870. The van der Waals surface area contributed by atoms with Gasteiger partial charge in [-0.25, -0.2) is 4.79 Å². The molecule has 3 heteroatoms. The first-order valence-corrected chi connectivity index (χ1v) is 9.79. The predicted octanol–water partition coefficient (Wildman–Crippen LogP) is 5.92. The fourth-order valence-corrected chi connectivity index (χ4v) is 3.22. The molecule has 1 N–H and O–H groups in total. The molecular weight excluding hydrogens is 348 g/mol. The first-order chi connectivity index (χ1) is 13.7. The molecule has 0 unspecified atom stereocenters. The highest BCUT2D eigenvalue weighted by Crippen LogP contribution is 2.22. The number of benzene rings is 3. The molecule has 0 amide bonds. The van der Waals surface area contributed by atoms with E-state index in [1.54, 1.807) is 12.1 Å². The van der Waals surface area contributed by atoms with Gasteiger partial charge in [0.1, 0.15) is 12.4 Å². The molecule has 0 spiro atoms. The Morgan fingerprint density at radius 3 is 2.14 bits per heavy atom. The smallest absolute Gasteiger partial charge is 0.335 e. The average molecular weight is 374 g/mol. The molecule has 28 heavy (non-hydrogen) atoms. The van der Waals surface area contributed by atoms with E-state index in [1.807, 2.05) is 42.5 Å². The number of ether oxygens (including phenoxy) is 1. The molecule has 0 aliphatic carbocycles. The van der Waals surface area contributed by atoms with Crippen LogP contribution in [0.5, 0.6) is 5.75 Å². The van der Waals surface area contributed by atoms with Crippen LogP contribution in [0.2, 0.25) is 0 Å². The highest BCUT2D eigenvalue weighted by Gasteiger charge is 2.05. The van der Waals surface area contributed by atoms with Gasteiger partial charge in [0.2, 0.25) is 0 Å². The quantitative estimate of drug-likeness (QED) is 0.448. The van der Waals surface area contributed by atoms with Crippen LogP contribution in [-0.2, 0) is 19.4 Å². The minimum absolute atomic E-state index is 0.343. The second-order valence-electron chi connectivity index (χ2n) is 6.94. The van der Waals surface area contributed by atoms with Crippen LogP contribution in [0.1, 0.15) is 46.3 Å². The highest BCUT2D eigenvalue weighted by atomic mass is 16.5. The van der Waals surface area contributed by atoms with Gasteiger partial charge < -0.3 is 9.84 Å². The molecule has 0 aliphatic rings. The first-order valence-electron chi connectivity index (χ1n) is 9.79. The summed E-state index contributed by atoms with van der Waals surface area (Å²) in [7, 11) is 0. The zero-order valence-electron chi connectivity index (χ0n) is 16.0. The van der Waals surface area contributed by atoms with Crippen LogP contribution in [-0.4, -0.2) is 11.1 Å². The van der Waals surface area contributed by atoms with Crippen molar-refractivity contribution >= 4 is 5.97 Å². The van der Waals surface area contributed by atoms with Crippen LogP contribution in [0, 0.1) is 0 Å². The van der Waals surface area contributed by atoms with Crippen molar-refractivity contribution in [3.63, 3.8) is 0 Å².